The van der Waals surface area contributed by atoms with Gasteiger partial charge in [0.1, 0.15) is 23.2 Å². The van der Waals surface area contributed by atoms with Crippen molar-refractivity contribution < 1.29 is 28.3 Å². The fourth-order valence-electron chi connectivity index (χ4n) is 9.38. The SMILES string of the molecule is O=C1CCC(Nc2ccc(C3CCN([C@H]4CC[C@H](C(=O)NC5CCC(Nc6ncc(F)c(-c7ccnc(C8(O)CCC8)c7)n6)CC5)CC4)CC3)c(F)c2)C(=O)N1. The number of hydrogen-bond acceptors (Lipinski definition) is 10. The van der Waals surface area contributed by atoms with E-state index in [2.05, 4.69) is 41.1 Å². The molecule has 8 rings (SSSR count). The molecule has 1 unspecified atom stereocenters. The Hall–Kier alpha value is -4.56. The van der Waals surface area contributed by atoms with Crippen LogP contribution in [0.3, 0.4) is 0 Å². The predicted molar refractivity (Wildman–Crippen MR) is 206 cm³/mol. The number of anilines is 2. The molecule has 3 aromatic rings. The second kappa shape index (κ2) is 16.5. The molecule has 3 saturated carbocycles. The summed E-state index contributed by atoms with van der Waals surface area (Å²) in [7, 11) is 0. The number of halogens is 2. The molecule has 4 heterocycles. The van der Waals surface area contributed by atoms with E-state index in [1.165, 1.54) is 12.3 Å². The van der Waals surface area contributed by atoms with Gasteiger partial charge in [0.15, 0.2) is 5.82 Å². The van der Waals surface area contributed by atoms with Crippen LogP contribution in [0.4, 0.5) is 20.4 Å². The Morgan fingerprint density at radius 3 is 2.30 bits per heavy atom. The first kappa shape index (κ1) is 38.3. The summed E-state index contributed by atoms with van der Waals surface area (Å²) < 4.78 is 30.1. The number of hydrogen-bond donors (Lipinski definition) is 5. The minimum atomic E-state index is -0.949. The molecule has 3 aliphatic carbocycles. The largest absolute Gasteiger partial charge is 0.384 e. The van der Waals surface area contributed by atoms with Gasteiger partial charge in [0.2, 0.25) is 23.7 Å². The quantitative estimate of drug-likeness (QED) is 0.162. The van der Waals surface area contributed by atoms with Gasteiger partial charge in [-0.05, 0) is 139 Å². The normalized spacial score (nSPS) is 27.2. The maximum Gasteiger partial charge on any atom is 0.249 e. The number of piperidine rings is 2. The molecular weight excluding hydrogens is 719 g/mol. The average molecular weight is 771 g/mol. The van der Waals surface area contributed by atoms with E-state index in [1.807, 2.05) is 12.1 Å². The van der Waals surface area contributed by atoms with Crippen molar-refractivity contribution in [3.8, 4) is 11.3 Å². The molecule has 2 aromatic heterocycles. The number of nitrogens with zero attached hydrogens (tertiary/aromatic N) is 4. The number of benzene rings is 1. The maximum absolute atomic E-state index is 15.2. The highest BCUT2D eigenvalue weighted by molar-refractivity contribution is 6.01. The summed E-state index contributed by atoms with van der Waals surface area (Å²) in [5.41, 5.74) is 1.58. The molecule has 3 amide bonds. The predicted octanol–water partition coefficient (Wildman–Crippen LogP) is 5.68. The van der Waals surface area contributed by atoms with Gasteiger partial charge in [0.25, 0.3) is 0 Å². The number of imide groups is 1. The molecule has 1 atom stereocenters. The van der Waals surface area contributed by atoms with E-state index in [0.717, 1.165) is 83.7 Å². The number of nitrogens with one attached hydrogen (secondary N) is 4. The van der Waals surface area contributed by atoms with Crippen LogP contribution in [-0.2, 0) is 20.0 Å². The van der Waals surface area contributed by atoms with Crippen LogP contribution in [0, 0.1) is 17.6 Å². The second-order valence-electron chi connectivity index (χ2n) is 16.6. The summed E-state index contributed by atoms with van der Waals surface area (Å²) >= 11 is 0. The summed E-state index contributed by atoms with van der Waals surface area (Å²) in [6, 6.07) is 8.66. The number of carbonyl (C=O) groups is 3. The molecule has 0 radical (unpaired) electrons. The lowest BCUT2D eigenvalue weighted by molar-refractivity contribution is -0.133. The fraction of sp³-hybridized carbons (Fsp3) is 0.571. The maximum atomic E-state index is 15.2. The highest BCUT2D eigenvalue weighted by Gasteiger charge is 2.38. The minimum absolute atomic E-state index is 0.0192. The first-order valence-electron chi connectivity index (χ1n) is 20.5. The molecule has 5 N–H and O–H groups in total. The zero-order valence-electron chi connectivity index (χ0n) is 31.7. The first-order chi connectivity index (χ1) is 27.1. The fourth-order valence-corrected chi connectivity index (χ4v) is 9.38. The molecule has 298 valence electrons. The summed E-state index contributed by atoms with van der Waals surface area (Å²) in [5, 5.41) is 22.8. The summed E-state index contributed by atoms with van der Waals surface area (Å²) in [5.74, 6) is -0.789. The van der Waals surface area contributed by atoms with E-state index in [1.54, 1.807) is 18.3 Å². The zero-order chi connectivity index (χ0) is 38.8. The van der Waals surface area contributed by atoms with E-state index >= 15 is 4.39 Å². The van der Waals surface area contributed by atoms with Crippen molar-refractivity contribution in [2.45, 2.75) is 132 Å². The Bertz CT molecular complexity index is 1920. The van der Waals surface area contributed by atoms with Crippen molar-refractivity contribution in [1.29, 1.82) is 0 Å². The molecule has 2 saturated heterocycles. The Morgan fingerprint density at radius 2 is 1.61 bits per heavy atom. The molecule has 0 spiro atoms. The van der Waals surface area contributed by atoms with E-state index < -0.39 is 17.5 Å². The number of amides is 3. The van der Waals surface area contributed by atoms with E-state index in [4.69, 9.17) is 0 Å². The summed E-state index contributed by atoms with van der Waals surface area (Å²) in [6.07, 6.45) is 14.5. The molecule has 14 heteroatoms. The molecule has 5 fully saturated rings. The zero-order valence-corrected chi connectivity index (χ0v) is 31.7. The molecule has 0 bridgehead atoms. The Morgan fingerprint density at radius 1 is 0.857 bits per heavy atom. The van der Waals surface area contributed by atoms with Crippen molar-refractivity contribution >= 4 is 29.4 Å². The van der Waals surface area contributed by atoms with Gasteiger partial charge < -0.3 is 26.0 Å². The number of likely N-dealkylation sites (tertiary alicyclic amines) is 1. The van der Waals surface area contributed by atoms with Gasteiger partial charge in [0.05, 0.1) is 11.9 Å². The van der Waals surface area contributed by atoms with E-state index in [9.17, 15) is 23.9 Å². The number of pyridine rings is 1. The van der Waals surface area contributed by atoms with Crippen molar-refractivity contribution in [3.63, 3.8) is 0 Å². The summed E-state index contributed by atoms with van der Waals surface area (Å²) in [6.45, 7) is 1.80. The topological polar surface area (TPSA) is 161 Å². The molecule has 2 aliphatic heterocycles. The van der Waals surface area contributed by atoms with Crippen LogP contribution in [0.1, 0.15) is 113 Å². The lowest BCUT2D eigenvalue weighted by Crippen LogP contribution is -2.47. The van der Waals surface area contributed by atoms with Gasteiger partial charge in [-0.25, -0.2) is 18.7 Å². The third-order valence-electron chi connectivity index (χ3n) is 13.0. The highest BCUT2D eigenvalue weighted by Crippen LogP contribution is 2.41. The van der Waals surface area contributed by atoms with Crippen molar-refractivity contribution in [2.75, 3.05) is 23.7 Å². The molecule has 5 aliphatic rings. The van der Waals surface area contributed by atoms with Gasteiger partial charge in [-0.3, -0.25) is 24.7 Å². The Balaban J connectivity index is 0.752. The second-order valence-corrected chi connectivity index (χ2v) is 16.6. The van der Waals surface area contributed by atoms with Gasteiger partial charge in [0, 0.05) is 47.9 Å². The third kappa shape index (κ3) is 8.56. The number of carbonyl (C=O) groups excluding carboxylic acids is 3. The minimum Gasteiger partial charge on any atom is -0.384 e. The highest BCUT2D eigenvalue weighted by atomic mass is 19.1. The standard InChI is InChI=1S/C42H52F2N8O4/c43-33-23-30(47-35-12-13-37(53)50-40(35)55)8-11-32(33)25-15-20-52(21-16-25)31-9-2-26(3-10-31)39(54)48-28-4-6-29(7-5-28)49-41-46-24-34(44)38(51-41)27-14-19-45-36(22-27)42(56)17-1-18-42/h8,11,14,19,22-26,28-29,31,35,47,56H,1-7,9-10,12-13,15-18,20-21H2,(H,48,54)(H,46,49,51)(H,50,53,55)/t26-,28?,29?,31-,35?. The Labute approximate surface area is 326 Å². The van der Waals surface area contributed by atoms with E-state index in [-0.39, 0.29) is 59.6 Å². The first-order valence-corrected chi connectivity index (χ1v) is 20.5. The van der Waals surface area contributed by atoms with Crippen LogP contribution >= 0.6 is 0 Å². The average Bonchev–Trinajstić information content (AvgIpc) is 3.20. The van der Waals surface area contributed by atoms with Gasteiger partial charge >= 0.3 is 0 Å². The van der Waals surface area contributed by atoms with Crippen molar-refractivity contribution in [1.82, 2.24) is 30.5 Å². The third-order valence-corrected chi connectivity index (χ3v) is 13.0. The van der Waals surface area contributed by atoms with Crippen LogP contribution < -0.4 is 21.3 Å². The van der Waals surface area contributed by atoms with Crippen molar-refractivity contribution in [3.05, 3.63) is 65.6 Å². The smallest absolute Gasteiger partial charge is 0.249 e. The monoisotopic (exact) mass is 770 g/mol. The van der Waals surface area contributed by atoms with Crippen LogP contribution in [0.2, 0.25) is 0 Å². The lowest BCUT2D eigenvalue weighted by atomic mass is 9.77. The molecule has 56 heavy (non-hydrogen) atoms. The lowest BCUT2D eigenvalue weighted by Gasteiger charge is -2.41. The van der Waals surface area contributed by atoms with Gasteiger partial charge in [-0.1, -0.05) is 6.07 Å². The number of rotatable bonds is 10. The van der Waals surface area contributed by atoms with E-state index in [0.29, 0.717) is 53.8 Å². The van der Waals surface area contributed by atoms with Crippen LogP contribution in [0.25, 0.3) is 11.3 Å². The van der Waals surface area contributed by atoms with Gasteiger partial charge in [-0.2, -0.15) is 0 Å². The van der Waals surface area contributed by atoms with Crippen molar-refractivity contribution in [2.24, 2.45) is 5.92 Å². The Kier molecular flexibility index (Phi) is 11.3. The molecular formula is C42H52F2N8O4. The molecule has 12 nitrogen and oxygen atoms in total. The van der Waals surface area contributed by atoms with Gasteiger partial charge in [-0.15, -0.1) is 0 Å². The summed E-state index contributed by atoms with van der Waals surface area (Å²) in [4.78, 5) is 52.4. The molecule has 1 aromatic carbocycles. The van der Waals surface area contributed by atoms with Crippen LogP contribution in [0.5, 0.6) is 0 Å². The van der Waals surface area contributed by atoms with Crippen LogP contribution in [0.15, 0.2) is 42.7 Å². The number of aliphatic hydroxyl groups is 1. The number of aromatic nitrogens is 3. The van der Waals surface area contributed by atoms with Crippen LogP contribution in [-0.4, -0.2) is 79.9 Å².